The molecule has 0 spiro atoms. The highest BCUT2D eigenvalue weighted by atomic mass is 16.5. The molecule has 1 amide bonds. The van der Waals surface area contributed by atoms with E-state index in [0.29, 0.717) is 12.3 Å². The van der Waals surface area contributed by atoms with Gasteiger partial charge in [0, 0.05) is 26.4 Å². The van der Waals surface area contributed by atoms with Crippen molar-refractivity contribution in [3.05, 3.63) is 41.6 Å². The number of hydrogen-bond acceptors (Lipinski definition) is 4. The molecule has 1 aliphatic heterocycles. The molecule has 0 radical (unpaired) electrons. The summed E-state index contributed by atoms with van der Waals surface area (Å²) >= 11 is 0. The second-order valence-electron chi connectivity index (χ2n) is 7.31. The fourth-order valence-corrected chi connectivity index (χ4v) is 3.57. The number of carbonyl (C=O) groups excluding carboxylic acids is 1. The van der Waals surface area contributed by atoms with Gasteiger partial charge in [0.25, 0.3) is 5.91 Å². The number of rotatable bonds is 6. The average Bonchev–Trinajstić information content (AvgIpc) is 2.97. The van der Waals surface area contributed by atoms with Crippen molar-refractivity contribution in [3.63, 3.8) is 0 Å². The molecular formula is C19H25N3O3. The molecule has 3 heterocycles. The summed E-state index contributed by atoms with van der Waals surface area (Å²) in [6.45, 7) is 3.38. The van der Waals surface area contributed by atoms with E-state index in [1.807, 2.05) is 37.3 Å². The minimum absolute atomic E-state index is 0.0286. The highest BCUT2D eigenvalue weighted by molar-refractivity contribution is 5.92. The topological polar surface area (TPSA) is 60.5 Å². The maximum absolute atomic E-state index is 12.9. The second kappa shape index (κ2) is 6.67. The first-order chi connectivity index (χ1) is 12.1. The Kier molecular flexibility index (Phi) is 4.37. The number of furan rings is 1. The summed E-state index contributed by atoms with van der Waals surface area (Å²) in [5.74, 6) is 1.85. The highest BCUT2D eigenvalue weighted by Gasteiger charge is 2.40. The lowest BCUT2D eigenvalue weighted by Gasteiger charge is -2.27. The monoisotopic (exact) mass is 343 g/mol. The van der Waals surface area contributed by atoms with Crippen molar-refractivity contribution in [3.8, 4) is 0 Å². The summed E-state index contributed by atoms with van der Waals surface area (Å²) in [7, 11) is 1.91. The maximum Gasteiger partial charge on any atom is 0.289 e. The predicted molar refractivity (Wildman–Crippen MR) is 92.3 cm³/mol. The fraction of sp³-hybridized carbons (Fsp3) is 0.579. The SMILES string of the molecule is Cc1ccc(C(=O)N2CC[C@@H](OCC3CC3)[C@@H]2Cc2cnn(C)c2)o1. The van der Waals surface area contributed by atoms with Gasteiger partial charge in [-0.25, -0.2) is 0 Å². The van der Waals surface area contributed by atoms with Crippen molar-refractivity contribution >= 4 is 5.91 Å². The Morgan fingerprint density at radius 1 is 1.36 bits per heavy atom. The Bertz CT molecular complexity index is 747. The molecule has 6 nitrogen and oxygen atoms in total. The first-order valence-electron chi connectivity index (χ1n) is 9.06. The van der Waals surface area contributed by atoms with E-state index in [1.165, 1.54) is 12.8 Å². The Balaban J connectivity index is 1.52. The van der Waals surface area contributed by atoms with Crippen molar-refractivity contribution in [2.75, 3.05) is 13.2 Å². The molecule has 1 aliphatic carbocycles. The summed E-state index contributed by atoms with van der Waals surface area (Å²) in [6.07, 6.45) is 8.15. The fourth-order valence-electron chi connectivity index (χ4n) is 3.57. The molecule has 1 saturated carbocycles. The molecule has 2 aromatic heterocycles. The number of nitrogens with zero attached hydrogens (tertiary/aromatic N) is 3. The first kappa shape index (κ1) is 16.4. The number of aryl methyl sites for hydroxylation is 2. The number of carbonyl (C=O) groups is 1. The molecule has 2 fully saturated rings. The minimum atomic E-state index is -0.0421. The molecular weight excluding hydrogens is 318 g/mol. The Labute approximate surface area is 147 Å². The molecule has 6 heteroatoms. The molecule has 2 aromatic rings. The molecule has 2 atom stereocenters. The van der Waals surface area contributed by atoms with Crippen LogP contribution in [0.1, 0.15) is 41.1 Å². The molecule has 2 aliphatic rings. The predicted octanol–water partition coefficient (Wildman–Crippen LogP) is 2.57. The van der Waals surface area contributed by atoms with E-state index in [9.17, 15) is 4.79 Å². The van der Waals surface area contributed by atoms with Crippen molar-refractivity contribution in [1.29, 1.82) is 0 Å². The third-order valence-electron chi connectivity index (χ3n) is 5.14. The van der Waals surface area contributed by atoms with E-state index in [-0.39, 0.29) is 18.1 Å². The van der Waals surface area contributed by atoms with E-state index in [0.717, 1.165) is 36.7 Å². The van der Waals surface area contributed by atoms with Crippen molar-refractivity contribution in [1.82, 2.24) is 14.7 Å². The van der Waals surface area contributed by atoms with Crippen LogP contribution in [0.15, 0.2) is 28.9 Å². The average molecular weight is 343 g/mol. The number of aromatic nitrogens is 2. The van der Waals surface area contributed by atoms with Crippen LogP contribution in [-0.4, -0.2) is 45.9 Å². The van der Waals surface area contributed by atoms with Crippen LogP contribution >= 0.6 is 0 Å². The van der Waals surface area contributed by atoms with Crippen LogP contribution in [0.25, 0.3) is 0 Å². The van der Waals surface area contributed by atoms with Gasteiger partial charge in [0.1, 0.15) is 5.76 Å². The van der Waals surface area contributed by atoms with Gasteiger partial charge >= 0.3 is 0 Å². The van der Waals surface area contributed by atoms with Gasteiger partial charge in [-0.3, -0.25) is 9.48 Å². The Morgan fingerprint density at radius 3 is 2.84 bits per heavy atom. The Morgan fingerprint density at radius 2 is 2.20 bits per heavy atom. The third kappa shape index (κ3) is 3.63. The van der Waals surface area contributed by atoms with E-state index in [2.05, 4.69) is 5.10 Å². The normalized spacial score (nSPS) is 23.4. The van der Waals surface area contributed by atoms with Crippen LogP contribution in [0.2, 0.25) is 0 Å². The van der Waals surface area contributed by atoms with Crippen LogP contribution in [0.5, 0.6) is 0 Å². The van der Waals surface area contributed by atoms with Gasteiger partial charge < -0.3 is 14.1 Å². The summed E-state index contributed by atoms with van der Waals surface area (Å²) in [5, 5.41) is 4.25. The van der Waals surface area contributed by atoms with Crippen LogP contribution in [-0.2, 0) is 18.2 Å². The minimum Gasteiger partial charge on any atom is -0.456 e. The summed E-state index contributed by atoms with van der Waals surface area (Å²) in [4.78, 5) is 14.8. The smallest absolute Gasteiger partial charge is 0.289 e. The maximum atomic E-state index is 12.9. The van der Waals surface area contributed by atoms with E-state index in [4.69, 9.17) is 9.15 Å². The Hall–Kier alpha value is -2.08. The number of amides is 1. The summed E-state index contributed by atoms with van der Waals surface area (Å²) in [6, 6.07) is 3.62. The molecule has 0 N–H and O–H groups in total. The van der Waals surface area contributed by atoms with Crippen molar-refractivity contribution < 1.29 is 13.9 Å². The van der Waals surface area contributed by atoms with Crippen LogP contribution < -0.4 is 0 Å². The lowest BCUT2D eigenvalue weighted by atomic mass is 10.0. The zero-order valence-electron chi connectivity index (χ0n) is 14.9. The molecule has 0 aromatic carbocycles. The van der Waals surface area contributed by atoms with Crippen molar-refractivity contribution in [2.45, 2.75) is 44.8 Å². The number of ether oxygens (including phenoxy) is 1. The van der Waals surface area contributed by atoms with Gasteiger partial charge in [-0.15, -0.1) is 0 Å². The lowest BCUT2D eigenvalue weighted by molar-refractivity contribution is 0.0192. The van der Waals surface area contributed by atoms with Crippen LogP contribution in [0.3, 0.4) is 0 Å². The highest BCUT2D eigenvalue weighted by Crippen LogP contribution is 2.32. The molecule has 4 rings (SSSR count). The van der Waals surface area contributed by atoms with Crippen LogP contribution in [0, 0.1) is 12.8 Å². The van der Waals surface area contributed by atoms with E-state index >= 15 is 0 Å². The zero-order valence-corrected chi connectivity index (χ0v) is 14.9. The molecule has 0 bridgehead atoms. The molecule has 134 valence electrons. The zero-order chi connectivity index (χ0) is 17.4. The lowest BCUT2D eigenvalue weighted by Crippen LogP contribution is -2.42. The van der Waals surface area contributed by atoms with Gasteiger partial charge in [-0.05, 0) is 56.2 Å². The van der Waals surface area contributed by atoms with E-state index in [1.54, 1.807) is 10.7 Å². The van der Waals surface area contributed by atoms with Gasteiger partial charge in [0.2, 0.25) is 0 Å². The van der Waals surface area contributed by atoms with Gasteiger partial charge in [0.15, 0.2) is 5.76 Å². The number of hydrogen-bond donors (Lipinski definition) is 0. The number of likely N-dealkylation sites (tertiary alicyclic amines) is 1. The van der Waals surface area contributed by atoms with Gasteiger partial charge in [0.05, 0.1) is 18.3 Å². The van der Waals surface area contributed by atoms with Gasteiger partial charge in [-0.2, -0.15) is 5.10 Å². The first-order valence-corrected chi connectivity index (χ1v) is 9.06. The summed E-state index contributed by atoms with van der Waals surface area (Å²) < 4.78 is 13.5. The van der Waals surface area contributed by atoms with Crippen molar-refractivity contribution in [2.24, 2.45) is 13.0 Å². The molecule has 0 unspecified atom stereocenters. The largest absolute Gasteiger partial charge is 0.456 e. The second-order valence-corrected chi connectivity index (χ2v) is 7.31. The standard InChI is InChI=1S/C19H25N3O3/c1-13-3-6-18(25-13)19(23)22-8-7-17(24-12-14-4-5-14)16(22)9-15-10-20-21(2)11-15/h3,6,10-11,14,16-17H,4-5,7-9,12H2,1-2H3/t16-,17+/m0/s1. The third-order valence-corrected chi connectivity index (χ3v) is 5.14. The quantitative estimate of drug-likeness (QED) is 0.809. The van der Waals surface area contributed by atoms with Gasteiger partial charge in [-0.1, -0.05) is 0 Å². The molecule has 1 saturated heterocycles. The van der Waals surface area contributed by atoms with E-state index < -0.39 is 0 Å². The van der Waals surface area contributed by atoms with Crippen LogP contribution in [0.4, 0.5) is 0 Å². The molecule has 25 heavy (non-hydrogen) atoms. The summed E-state index contributed by atoms with van der Waals surface area (Å²) in [5.41, 5.74) is 1.13.